The topological polar surface area (TPSA) is 12.4 Å². The average molecular weight is 205 g/mol. The van der Waals surface area contributed by atoms with Crippen LogP contribution in [0.2, 0.25) is 0 Å². The molecule has 0 saturated carbocycles. The van der Waals surface area contributed by atoms with Gasteiger partial charge in [0.1, 0.15) is 0 Å². The van der Waals surface area contributed by atoms with Gasteiger partial charge in [-0.1, -0.05) is 42.5 Å². The summed E-state index contributed by atoms with van der Waals surface area (Å²) in [5, 5.41) is 2.14. The maximum absolute atomic E-state index is 4.14. The Balaban J connectivity index is -0.00000000813. The van der Waals surface area contributed by atoms with Crippen molar-refractivity contribution in [3.8, 4) is 0 Å². The van der Waals surface area contributed by atoms with Gasteiger partial charge in [-0.05, 0) is 12.2 Å². The molecule has 0 saturated heterocycles. The molecule has 0 atom stereocenters. The third-order valence-electron chi connectivity index (χ3n) is 0.0913. The molecule has 0 aromatic rings. The molecule has 0 aromatic heterocycles. The van der Waals surface area contributed by atoms with Crippen molar-refractivity contribution in [2.45, 2.75) is 42.5 Å². The van der Waals surface area contributed by atoms with E-state index in [2.05, 4.69) is 22.4 Å². The molecule has 0 aliphatic rings. The molecular formula is C8H23ArNS. The van der Waals surface area contributed by atoms with E-state index in [1.54, 1.807) is 7.05 Å². The normalized spacial score (nSPS) is 2.64. The average Bonchev–Trinajstić information content (AvgIpc) is 1.96. The predicted molar refractivity (Wildman–Crippen MR) is 57.1 cm³/mol. The summed E-state index contributed by atoms with van der Waals surface area (Å²) in [5.74, 6) is 0. The van der Waals surface area contributed by atoms with Crippen LogP contribution in [0.25, 0.3) is 0 Å². The molecule has 74 valence electrons. The van der Waals surface area contributed by atoms with E-state index in [1.807, 2.05) is 27.7 Å². The van der Waals surface area contributed by atoms with Crippen LogP contribution in [-0.2, 0) is 0 Å². The van der Waals surface area contributed by atoms with Gasteiger partial charge in [0, 0.05) is 44.8 Å². The molecule has 0 fully saturated rings. The van der Waals surface area contributed by atoms with E-state index < -0.39 is 0 Å². The van der Waals surface area contributed by atoms with E-state index in [0.717, 1.165) is 0 Å². The van der Waals surface area contributed by atoms with Gasteiger partial charge >= 0.3 is 0 Å². The summed E-state index contributed by atoms with van der Waals surface area (Å²) in [7, 11) is 1.59. The Labute approximate surface area is 109 Å². The standard InChI is InChI=1S/C2H3NS.2C2H6.2CH4.Ar/c1-3-2-4;2*1-2;;;/h1H3;2*1-2H3;2*1H4;. The van der Waals surface area contributed by atoms with Crippen LogP contribution >= 0.6 is 12.2 Å². The molecule has 0 amide bonds. The molecule has 0 aliphatic heterocycles. The number of thiocarbonyl (C=S) groups is 1. The summed E-state index contributed by atoms with van der Waals surface area (Å²) in [5.41, 5.74) is 0. The number of rotatable bonds is 0. The SMILES string of the molecule is C.C.CC.CC.CN=C=S.[Ar]. The van der Waals surface area contributed by atoms with Crippen LogP contribution < -0.4 is 0 Å². The van der Waals surface area contributed by atoms with Crippen molar-refractivity contribution < 1.29 is 37.7 Å². The minimum Gasteiger partial charge on any atom is -0.236 e. The van der Waals surface area contributed by atoms with Crippen LogP contribution in [0.1, 0.15) is 42.5 Å². The van der Waals surface area contributed by atoms with Crippen molar-refractivity contribution >= 4 is 17.4 Å². The number of nitrogens with zero attached hydrogens (tertiary/aromatic N) is 1. The summed E-state index contributed by atoms with van der Waals surface area (Å²) in [4.78, 5) is 3.30. The third-order valence-corrected chi connectivity index (χ3v) is 0.274. The molecule has 0 heterocycles. The van der Waals surface area contributed by atoms with Crippen molar-refractivity contribution in [2.75, 3.05) is 7.05 Å². The van der Waals surface area contributed by atoms with E-state index in [0.29, 0.717) is 0 Å². The molecule has 0 radical (unpaired) electrons. The number of aliphatic imine (C=N–C) groups is 1. The van der Waals surface area contributed by atoms with Crippen molar-refractivity contribution in [3.63, 3.8) is 0 Å². The second-order valence-corrected chi connectivity index (χ2v) is 0.497. The second-order valence-electron chi connectivity index (χ2n) is 0.315. The molecule has 0 spiro atoms. The van der Waals surface area contributed by atoms with Crippen molar-refractivity contribution in [1.29, 1.82) is 0 Å². The van der Waals surface area contributed by atoms with Gasteiger partial charge in [-0.3, -0.25) is 0 Å². The molecule has 11 heavy (non-hydrogen) atoms. The fourth-order valence-corrected chi connectivity index (χ4v) is 0. The first-order valence-corrected chi connectivity index (χ1v) is 3.28. The van der Waals surface area contributed by atoms with Crippen LogP contribution in [0, 0.1) is 37.7 Å². The zero-order valence-corrected chi connectivity index (χ0v) is 8.23. The summed E-state index contributed by atoms with van der Waals surface area (Å²) in [6.45, 7) is 8.00. The molecule has 0 N–H and O–H groups in total. The van der Waals surface area contributed by atoms with E-state index in [9.17, 15) is 0 Å². The quantitative estimate of drug-likeness (QED) is 0.429. The number of hydrogen-bond acceptors (Lipinski definition) is 2. The fourth-order valence-electron chi connectivity index (χ4n) is 0. The van der Waals surface area contributed by atoms with Gasteiger partial charge in [0.15, 0.2) is 0 Å². The van der Waals surface area contributed by atoms with E-state index in [-0.39, 0.29) is 52.6 Å². The molecule has 0 aromatic carbocycles. The minimum absolute atomic E-state index is 0. The molecule has 0 bridgehead atoms. The molecule has 0 rings (SSSR count). The zero-order valence-electron chi connectivity index (χ0n) is 6.71. The van der Waals surface area contributed by atoms with Gasteiger partial charge in [0.25, 0.3) is 0 Å². The van der Waals surface area contributed by atoms with Crippen LogP contribution in [0.15, 0.2) is 4.99 Å². The first-order chi connectivity index (χ1) is 3.91. The Hall–Kier alpha value is 1.06. The summed E-state index contributed by atoms with van der Waals surface area (Å²) < 4.78 is 0. The van der Waals surface area contributed by atoms with Crippen molar-refractivity contribution in [1.82, 2.24) is 0 Å². The van der Waals surface area contributed by atoms with Crippen LogP contribution in [0.4, 0.5) is 0 Å². The Morgan fingerprint density at radius 1 is 1.00 bits per heavy atom. The van der Waals surface area contributed by atoms with Crippen molar-refractivity contribution in [2.24, 2.45) is 4.99 Å². The Morgan fingerprint density at radius 3 is 1.09 bits per heavy atom. The predicted octanol–water partition coefficient (Wildman–Crippen LogP) is 4.04. The first-order valence-electron chi connectivity index (χ1n) is 2.87. The monoisotopic (exact) mass is 205 g/mol. The summed E-state index contributed by atoms with van der Waals surface area (Å²) >= 11 is 4.14. The van der Waals surface area contributed by atoms with E-state index in [1.165, 1.54) is 0 Å². The molecule has 3 heteroatoms. The fraction of sp³-hybridized carbons (Fsp3) is 0.875. The smallest absolute Gasteiger partial charge is 0.0582 e. The number of hydrogen-bond donors (Lipinski definition) is 0. The third kappa shape index (κ3) is 214. The molecular weight excluding hydrogens is 182 g/mol. The van der Waals surface area contributed by atoms with Gasteiger partial charge < -0.3 is 0 Å². The van der Waals surface area contributed by atoms with E-state index >= 15 is 0 Å². The van der Waals surface area contributed by atoms with E-state index in [4.69, 9.17) is 0 Å². The Kier molecular flexibility index (Phi) is 437. The Morgan fingerprint density at radius 2 is 1.09 bits per heavy atom. The van der Waals surface area contributed by atoms with Crippen LogP contribution in [0.3, 0.4) is 0 Å². The summed E-state index contributed by atoms with van der Waals surface area (Å²) in [6.07, 6.45) is 0. The number of isothiocyanates is 1. The van der Waals surface area contributed by atoms with Gasteiger partial charge in [-0.2, -0.15) is 0 Å². The van der Waals surface area contributed by atoms with Crippen LogP contribution in [-0.4, -0.2) is 12.2 Å². The maximum Gasteiger partial charge on any atom is 0.0582 e. The Bertz CT molecular complexity index is 52.1. The molecule has 0 unspecified atom stereocenters. The summed E-state index contributed by atoms with van der Waals surface area (Å²) in [6, 6.07) is 0. The maximum atomic E-state index is 4.14. The minimum atomic E-state index is 0. The van der Waals surface area contributed by atoms with Gasteiger partial charge in [0.2, 0.25) is 0 Å². The largest absolute Gasteiger partial charge is 0.236 e. The molecule has 1 nitrogen and oxygen atoms in total. The van der Waals surface area contributed by atoms with Gasteiger partial charge in [-0.25, -0.2) is 4.99 Å². The zero-order chi connectivity index (χ0) is 7.41. The second kappa shape index (κ2) is 120. The first kappa shape index (κ1) is 40.2. The van der Waals surface area contributed by atoms with Crippen LogP contribution in [0.5, 0.6) is 0 Å². The molecule has 0 aliphatic carbocycles. The van der Waals surface area contributed by atoms with Crippen molar-refractivity contribution in [3.05, 3.63) is 0 Å². The van der Waals surface area contributed by atoms with Gasteiger partial charge in [-0.15, -0.1) is 0 Å². The van der Waals surface area contributed by atoms with Gasteiger partial charge in [0.05, 0.1) is 5.16 Å².